The van der Waals surface area contributed by atoms with Gasteiger partial charge in [0.2, 0.25) is 0 Å². The molecule has 3 nitrogen and oxygen atoms in total. The van der Waals surface area contributed by atoms with Gasteiger partial charge in [0, 0.05) is 30.3 Å². The highest BCUT2D eigenvalue weighted by Gasteiger charge is 2.14. The maximum Gasteiger partial charge on any atom is 0.335 e. The van der Waals surface area contributed by atoms with Crippen LogP contribution in [0.2, 0.25) is 0 Å². The smallest absolute Gasteiger partial charge is 0.335 e. The van der Waals surface area contributed by atoms with E-state index < -0.39 is 5.97 Å². The van der Waals surface area contributed by atoms with E-state index in [1.54, 1.807) is 12.1 Å². The van der Waals surface area contributed by atoms with Gasteiger partial charge in [0.05, 0.1) is 5.56 Å². The Balaban J connectivity index is 2.24. The number of rotatable bonds is 2. The Labute approximate surface area is 99.5 Å². The second-order valence-corrected chi connectivity index (χ2v) is 5.13. The fourth-order valence-corrected chi connectivity index (χ4v) is 2.85. The monoisotopic (exact) mass is 237 g/mol. The Bertz CT molecular complexity index is 400. The Hall–Kier alpha value is -1.16. The van der Waals surface area contributed by atoms with Crippen molar-refractivity contribution in [3.63, 3.8) is 0 Å². The van der Waals surface area contributed by atoms with E-state index in [1.807, 2.05) is 24.8 Å². The molecule has 0 spiro atoms. The summed E-state index contributed by atoms with van der Waals surface area (Å²) in [5.74, 6) is 1.45. The van der Waals surface area contributed by atoms with Crippen LogP contribution in [0.25, 0.3) is 0 Å². The van der Waals surface area contributed by atoms with Crippen molar-refractivity contribution in [3.05, 3.63) is 29.3 Å². The summed E-state index contributed by atoms with van der Waals surface area (Å²) in [4.78, 5) is 13.2. The lowest BCUT2D eigenvalue weighted by Gasteiger charge is -2.29. The van der Waals surface area contributed by atoms with Crippen molar-refractivity contribution >= 4 is 23.4 Å². The van der Waals surface area contributed by atoms with Crippen LogP contribution in [0.15, 0.2) is 18.2 Å². The van der Waals surface area contributed by atoms with Crippen LogP contribution >= 0.6 is 11.8 Å². The predicted octanol–water partition coefficient (Wildman–Crippen LogP) is 2.25. The molecule has 1 fully saturated rings. The number of anilines is 1. The number of benzene rings is 1. The molecule has 1 saturated heterocycles. The van der Waals surface area contributed by atoms with E-state index in [0.29, 0.717) is 5.56 Å². The normalized spacial score (nSPS) is 16.2. The van der Waals surface area contributed by atoms with Gasteiger partial charge in [-0.05, 0) is 30.7 Å². The lowest BCUT2D eigenvalue weighted by Crippen LogP contribution is -2.32. The molecule has 4 heteroatoms. The van der Waals surface area contributed by atoms with Crippen molar-refractivity contribution in [2.45, 2.75) is 6.92 Å². The van der Waals surface area contributed by atoms with E-state index in [9.17, 15) is 4.79 Å². The molecule has 2 rings (SSSR count). The van der Waals surface area contributed by atoms with Crippen LogP contribution in [0, 0.1) is 6.92 Å². The van der Waals surface area contributed by atoms with Gasteiger partial charge < -0.3 is 10.0 Å². The second kappa shape index (κ2) is 4.78. The highest BCUT2D eigenvalue weighted by Crippen LogP contribution is 2.24. The number of carboxylic acids is 1. The standard InChI is InChI=1S/C12H15NO2S/c1-9-8-10(12(14)15)2-3-11(9)13-4-6-16-7-5-13/h2-3,8H,4-7H2,1H3,(H,14,15). The topological polar surface area (TPSA) is 40.5 Å². The molecule has 1 aliphatic rings. The maximum absolute atomic E-state index is 10.8. The number of aryl methyl sites for hydroxylation is 1. The van der Waals surface area contributed by atoms with Gasteiger partial charge in [0.25, 0.3) is 0 Å². The third-order valence-electron chi connectivity index (χ3n) is 2.80. The van der Waals surface area contributed by atoms with Crippen LogP contribution < -0.4 is 4.90 Å². The zero-order valence-electron chi connectivity index (χ0n) is 9.27. The van der Waals surface area contributed by atoms with Crippen molar-refractivity contribution in [1.29, 1.82) is 0 Å². The summed E-state index contributed by atoms with van der Waals surface area (Å²) in [7, 11) is 0. The molecule has 0 unspecified atom stereocenters. The first-order chi connectivity index (χ1) is 7.68. The summed E-state index contributed by atoms with van der Waals surface area (Å²) >= 11 is 1.97. The lowest BCUT2D eigenvalue weighted by molar-refractivity contribution is 0.0697. The molecule has 0 radical (unpaired) electrons. The number of hydrogen-bond acceptors (Lipinski definition) is 3. The third kappa shape index (κ3) is 2.32. The fourth-order valence-electron chi connectivity index (χ4n) is 1.95. The molecule has 0 aliphatic carbocycles. The first kappa shape index (κ1) is 11.3. The summed E-state index contributed by atoms with van der Waals surface area (Å²) in [6.45, 7) is 4.08. The molecule has 1 aromatic rings. The summed E-state index contributed by atoms with van der Waals surface area (Å²) in [5.41, 5.74) is 2.59. The van der Waals surface area contributed by atoms with Crippen LogP contribution in [0.3, 0.4) is 0 Å². The molecule has 0 bridgehead atoms. The average Bonchev–Trinajstić information content (AvgIpc) is 2.30. The van der Waals surface area contributed by atoms with E-state index in [0.717, 1.165) is 30.2 Å². The first-order valence-electron chi connectivity index (χ1n) is 5.35. The Morgan fingerprint density at radius 2 is 2.06 bits per heavy atom. The molecular formula is C12H15NO2S. The van der Waals surface area contributed by atoms with Gasteiger partial charge in [-0.25, -0.2) is 4.79 Å². The Morgan fingerprint density at radius 1 is 1.38 bits per heavy atom. The van der Waals surface area contributed by atoms with Crippen molar-refractivity contribution in [1.82, 2.24) is 0 Å². The van der Waals surface area contributed by atoms with Crippen LogP contribution in [-0.4, -0.2) is 35.7 Å². The highest BCUT2D eigenvalue weighted by atomic mass is 32.2. The summed E-state index contributed by atoms with van der Waals surface area (Å²) in [5, 5.41) is 8.89. The molecule has 0 saturated carbocycles. The Morgan fingerprint density at radius 3 is 2.62 bits per heavy atom. The zero-order chi connectivity index (χ0) is 11.5. The van der Waals surface area contributed by atoms with Gasteiger partial charge in [0.15, 0.2) is 0 Å². The maximum atomic E-state index is 10.8. The molecule has 1 heterocycles. The van der Waals surface area contributed by atoms with Crippen LogP contribution in [-0.2, 0) is 0 Å². The number of nitrogens with zero attached hydrogens (tertiary/aromatic N) is 1. The van der Waals surface area contributed by atoms with E-state index in [-0.39, 0.29) is 0 Å². The second-order valence-electron chi connectivity index (χ2n) is 3.91. The fraction of sp³-hybridized carbons (Fsp3) is 0.417. The van der Waals surface area contributed by atoms with Crippen molar-refractivity contribution in [2.24, 2.45) is 0 Å². The zero-order valence-corrected chi connectivity index (χ0v) is 10.1. The van der Waals surface area contributed by atoms with Crippen LogP contribution in [0.5, 0.6) is 0 Å². The Kier molecular flexibility index (Phi) is 3.39. The predicted molar refractivity (Wildman–Crippen MR) is 67.7 cm³/mol. The lowest BCUT2D eigenvalue weighted by atomic mass is 10.1. The van der Waals surface area contributed by atoms with E-state index in [1.165, 1.54) is 5.69 Å². The molecular weight excluding hydrogens is 222 g/mol. The SMILES string of the molecule is Cc1cc(C(=O)O)ccc1N1CCSCC1. The molecule has 1 aliphatic heterocycles. The molecule has 86 valence electrons. The molecule has 16 heavy (non-hydrogen) atoms. The van der Waals surface area contributed by atoms with Gasteiger partial charge in [-0.3, -0.25) is 0 Å². The van der Waals surface area contributed by atoms with Crippen molar-refractivity contribution in [2.75, 3.05) is 29.5 Å². The number of carboxylic acid groups (broad SMARTS) is 1. The number of aromatic carboxylic acids is 1. The molecule has 0 amide bonds. The largest absolute Gasteiger partial charge is 0.478 e. The van der Waals surface area contributed by atoms with Crippen LogP contribution in [0.1, 0.15) is 15.9 Å². The minimum Gasteiger partial charge on any atom is -0.478 e. The molecule has 1 N–H and O–H groups in total. The van der Waals surface area contributed by atoms with E-state index >= 15 is 0 Å². The quantitative estimate of drug-likeness (QED) is 0.856. The number of carbonyl (C=O) groups is 1. The molecule has 1 aromatic carbocycles. The summed E-state index contributed by atoms with van der Waals surface area (Å²) in [6.07, 6.45) is 0. The first-order valence-corrected chi connectivity index (χ1v) is 6.50. The van der Waals surface area contributed by atoms with Gasteiger partial charge in [-0.2, -0.15) is 11.8 Å². The third-order valence-corrected chi connectivity index (χ3v) is 3.74. The molecule has 0 aromatic heterocycles. The number of thioether (sulfide) groups is 1. The van der Waals surface area contributed by atoms with Gasteiger partial charge >= 0.3 is 5.97 Å². The van der Waals surface area contributed by atoms with Crippen molar-refractivity contribution in [3.8, 4) is 0 Å². The van der Waals surface area contributed by atoms with E-state index in [2.05, 4.69) is 4.90 Å². The van der Waals surface area contributed by atoms with E-state index in [4.69, 9.17) is 5.11 Å². The van der Waals surface area contributed by atoms with Gasteiger partial charge in [0.1, 0.15) is 0 Å². The molecule has 0 atom stereocenters. The van der Waals surface area contributed by atoms with Gasteiger partial charge in [-0.15, -0.1) is 0 Å². The summed E-state index contributed by atoms with van der Waals surface area (Å²) in [6, 6.07) is 5.36. The average molecular weight is 237 g/mol. The summed E-state index contributed by atoms with van der Waals surface area (Å²) < 4.78 is 0. The highest BCUT2D eigenvalue weighted by molar-refractivity contribution is 7.99. The van der Waals surface area contributed by atoms with Crippen LogP contribution in [0.4, 0.5) is 5.69 Å². The van der Waals surface area contributed by atoms with Gasteiger partial charge in [-0.1, -0.05) is 0 Å². The minimum atomic E-state index is -0.858. The minimum absolute atomic E-state index is 0.368. The number of hydrogen-bond donors (Lipinski definition) is 1. The van der Waals surface area contributed by atoms with Crippen molar-refractivity contribution < 1.29 is 9.90 Å².